The number of aromatic carboxylic acids is 1. The van der Waals surface area contributed by atoms with Crippen LogP contribution in [0.1, 0.15) is 67.7 Å². The molecule has 0 unspecified atom stereocenters. The average molecular weight is 729 g/mol. The number of carboxylic acid groups (broad SMARTS) is 1. The summed E-state index contributed by atoms with van der Waals surface area (Å²) in [6, 6.07) is 31.2. The van der Waals surface area contributed by atoms with Crippen LogP contribution in [0.15, 0.2) is 97.1 Å². The van der Waals surface area contributed by atoms with Gasteiger partial charge in [0.15, 0.2) is 11.6 Å². The van der Waals surface area contributed by atoms with Gasteiger partial charge in [0.05, 0.1) is 40.3 Å². The number of aromatic nitrogens is 4. The van der Waals surface area contributed by atoms with Crippen LogP contribution in [0, 0.1) is 0 Å². The predicted molar refractivity (Wildman–Crippen MR) is 215 cm³/mol. The second kappa shape index (κ2) is 17.7. The lowest BCUT2D eigenvalue weighted by atomic mass is 10.1. The van der Waals surface area contributed by atoms with Crippen LogP contribution >= 0.6 is 0 Å². The van der Waals surface area contributed by atoms with Crippen LogP contribution in [0.25, 0.3) is 44.6 Å². The third-order valence-corrected chi connectivity index (χ3v) is 9.70. The van der Waals surface area contributed by atoms with E-state index in [-0.39, 0.29) is 19.0 Å². The molecule has 0 saturated carbocycles. The van der Waals surface area contributed by atoms with Crippen LogP contribution in [0.3, 0.4) is 0 Å². The molecule has 4 heterocycles. The van der Waals surface area contributed by atoms with Gasteiger partial charge in [0, 0.05) is 43.4 Å². The molecule has 2 aliphatic heterocycles. The Morgan fingerprint density at radius 3 is 1.44 bits per heavy atom. The standard InChI is InChI=1S/C21H21N3O2.C20H19N3O2.CH4O.CH4/c1-14-7-6-12-24(14)20-19(15-8-4-3-5-9-15)22-17-11-10-16(21(25)26-2)13-18(17)23-20;1-13-6-5-11-23(13)19-18(14-7-3-2-4-8-14)21-16-10-9-15(20(24)25)12-17(16)22-19;1-2;/h3-5,8-11,13-14H,6-7,12H2,1-2H3;2-4,7-10,12-13H,5-6,11H2,1H3,(H,24,25);2H,1H3;1H4/t14-;13-;;/m00../s1. The zero-order valence-corrected chi connectivity index (χ0v) is 30.4. The third kappa shape index (κ3) is 8.31. The fourth-order valence-electron chi connectivity index (χ4n) is 6.94. The molecule has 4 aromatic carbocycles. The lowest BCUT2D eigenvalue weighted by Gasteiger charge is -2.25. The molecular formula is C43H48N6O5. The fraction of sp³-hybridized carbons (Fsp3) is 0.302. The first-order chi connectivity index (χ1) is 25.8. The highest BCUT2D eigenvalue weighted by Gasteiger charge is 2.27. The second-order valence-electron chi connectivity index (χ2n) is 13.1. The van der Waals surface area contributed by atoms with E-state index in [1.807, 2.05) is 54.6 Å². The number of ether oxygens (including phenoxy) is 1. The van der Waals surface area contributed by atoms with E-state index >= 15 is 0 Å². The Morgan fingerprint density at radius 1 is 0.630 bits per heavy atom. The molecular weight excluding hydrogens is 681 g/mol. The molecule has 54 heavy (non-hydrogen) atoms. The minimum atomic E-state index is -0.952. The van der Waals surface area contributed by atoms with Gasteiger partial charge in [0.2, 0.25) is 0 Å². The normalized spacial score (nSPS) is 16.2. The summed E-state index contributed by atoms with van der Waals surface area (Å²) < 4.78 is 4.83. The molecule has 2 saturated heterocycles. The highest BCUT2D eigenvalue weighted by molar-refractivity contribution is 5.95. The quantitative estimate of drug-likeness (QED) is 0.160. The number of rotatable bonds is 6. The number of aliphatic hydroxyl groups excluding tert-OH is 1. The third-order valence-electron chi connectivity index (χ3n) is 9.70. The van der Waals surface area contributed by atoms with E-state index in [9.17, 15) is 14.7 Å². The van der Waals surface area contributed by atoms with Crippen molar-refractivity contribution in [3.05, 3.63) is 108 Å². The molecule has 2 fully saturated rings. The minimum absolute atomic E-state index is 0. The summed E-state index contributed by atoms with van der Waals surface area (Å²) in [7, 11) is 2.38. The van der Waals surface area contributed by atoms with E-state index in [0.717, 1.165) is 85.5 Å². The zero-order valence-electron chi connectivity index (χ0n) is 30.4. The topological polar surface area (TPSA) is 142 Å². The summed E-state index contributed by atoms with van der Waals surface area (Å²) in [5, 5.41) is 16.2. The van der Waals surface area contributed by atoms with Crippen molar-refractivity contribution in [2.24, 2.45) is 0 Å². The molecule has 0 spiro atoms. The van der Waals surface area contributed by atoms with Gasteiger partial charge < -0.3 is 24.7 Å². The summed E-state index contributed by atoms with van der Waals surface area (Å²) >= 11 is 0. The fourth-order valence-corrected chi connectivity index (χ4v) is 6.94. The number of fused-ring (bicyclic) bond motifs is 2. The number of esters is 1. The highest BCUT2D eigenvalue weighted by Crippen LogP contribution is 2.35. The first-order valence-corrected chi connectivity index (χ1v) is 17.8. The number of benzene rings is 4. The monoisotopic (exact) mass is 728 g/mol. The van der Waals surface area contributed by atoms with Gasteiger partial charge >= 0.3 is 11.9 Å². The molecule has 2 aromatic heterocycles. The van der Waals surface area contributed by atoms with Crippen LogP contribution in [0.2, 0.25) is 0 Å². The minimum Gasteiger partial charge on any atom is -0.478 e. The van der Waals surface area contributed by atoms with Crippen molar-refractivity contribution in [2.75, 3.05) is 37.1 Å². The average Bonchev–Trinajstić information content (AvgIpc) is 3.85. The van der Waals surface area contributed by atoms with Gasteiger partial charge in [-0.2, -0.15) is 0 Å². The van der Waals surface area contributed by atoms with Crippen molar-refractivity contribution in [1.29, 1.82) is 0 Å². The summed E-state index contributed by atoms with van der Waals surface area (Å²) in [6.07, 6.45) is 4.56. The first kappa shape index (κ1) is 39.3. The number of carboxylic acids is 1. The Labute approximate surface area is 316 Å². The summed E-state index contributed by atoms with van der Waals surface area (Å²) in [6.45, 7) is 6.33. The molecule has 0 aliphatic carbocycles. The van der Waals surface area contributed by atoms with Crippen LogP contribution < -0.4 is 9.80 Å². The molecule has 0 bridgehead atoms. The molecule has 280 valence electrons. The summed E-state index contributed by atoms with van der Waals surface area (Å²) in [5.74, 6) is 0.408. The lowest BCUT2D eigenvalue weighted by molar-refractivity contribution is 0.0600. The SMILES string of the molecule is C.CO.COC(=O)c1ccc2nc(-c3ccccc3)c(N3CCC[C@@H]3C)nc2c1.C[C@H]1CCCN1c1nc2cc(C(=O)O)ccc2nc1-c1ccccc1. The Morgan fingerprint density at radius 2 is 1.06 bits per heavy atom. The molecule has 2 atom stereocenters. The molecule has 0 radical (unpaired) electrons. The van der Waals surface area contributed by atoms with Crippen LogP contribution in [0.4, 0.5) is 11.6 Å². The molecule has 0 amide bonds. The van der Waals surface area contributed by atoms with Crippen molar-refractivity contribution in [3.8, 4) is 22.5 Å². The lowest BCUT2D eigenvalue weighted by Crippen LogP contribution is -2.28. The number of methoxy groups -OCH3 is 1. The predicted octanol–water partition coefficient (Wildman–Crippen LogP) is 8.30. The number of carbonyl (C=O) groups is 2. The van der Waals surface area contributed by atoms with Crippen LogP contribution in [0.5, 0.6) is 0 Å². The van der Waals surface area contributed by atoms with Gasteiger partial charge in [0.1, 0.15) is 11.4 Å². The molecule has 2 N–H and O–H groups in total. The van der Waals surface area contributed by atoms with Crippen LogP contribution in [-0.4, -0.2) is 81.5 Å². The number of nitrogens with zero attached hydrogens (tertiary/aromatic N) is 6. The van der Waals surface area contributed by atoms with Crippen molar-refractivity contribution in [3.63, 3.8) is 0 Å². The summed E-state index contributed by atoms with van der Waals surface area (Å²) in [4.78, 5) is 47.2. The molecule has 11 heteroatoms. The number of hydrogen-bond acceptors (Lipinski definition) is 10. The number of aliphatic hydroxyl groups is 1. The van der Waals surface area contributed by atoms with Crippen molar-refractivity contribution in [2.45, 2.75) is 59.0 Å². The Hall–Kier alpha value is -5.94. The number of carbonyl (C=O) groups excluding carboxylic acids is 1. The largest absolute Gasteiger partial charge is 0.478 e. The Kier molecular flexibility index (Phi) is 12.9. The molecule has 8 rings (SSSR count). The first-order valence-electron chi connectivity index (χ1n) is 17.8. The maximum atomic E-state index is 11.9. The van der Waals surface area contributed by atoms with E-state index in [1.165, 1.54) is 7.11 Å². The van der Waals surface area contributed by atoms with Gasteiger partial charge in [-0.15, -0.1) is 0 Å². The van der Waals surface area contributed by atoms with Crippen molar-refractivity contribution < 1.29 is 24.5 Å². The van der Waals surface area contributed by atoms with Gasteiger partial charge in [-0.05, 0) is 75.9 Å². The zero-order chi connectivity index (χ0) is 37.5. The molecule has 6 aromatic rings. The van der Waals surface area contributed by atoms with Gasteiger partial charge in [-0.3, -0.25) is 0 Å². The Bertz CT molecular complexity index is 2220. The number of hydrogen-bond donors (Lipinski definition) is 2. The van der Waals surface area contributed by atoms with Crippen molar-refractivity contribution in [1.82, 2.24) is 19.9 Å². The smallest absolute Gasteiger partial charge is 0.337 e. The van der Waals surface area contributed by atoms with E-state index in [4.69, 9.17) is 29.8 Å². The van der Waals surface area contributed by atoms with E-state index in [0.29, 0.717) is 34.2 Å². The van der Waals surface area contributed by atoms with Crippen LogP contribution in [-0.2, 0) is 4.74 Å². The van der Waals surface area contributed by atoms with Gasteiger partial charge in [-0.25, -0.2) is 29.5 Å². The van der Waals surface area contributed by atoms with Gasteiger partial charge in [-0.1, -0.05) is 68.1 Å². The second-order valence-corrected chi connectivity index (χ2v) is 13.1. The highest BCUT2D eigenvalue weighted by atomic mass is 16.5. The Balaban J connectivity index is 0.000000195. The molecule has 11 nitrogen and oxygen atoms in total. The maximum absolute atomic E-state index is 11.9. The van der Waals surface area contributed by atoms with Gasteiger partial charge in [0.25, 0.3) is 0 Å². The van der Waals surface area contributed by atoms with E-state index < -0.39 is 5.97 Å². The molecule has 2 aliphatic rings. The number of anilines is 2. The van der Waals surface area contributed by atoms with E-state index in [1.54, 1.807) is 30.3 Å². The maximum Gasteiger partial charge on any atom is 0.337 e. The van der Waals surface area contributed by atoms with Crippen molar-refractivity contribution >= 4 is 45.6 Å². The van der Waals surface area contributed by atoms with E-state index in [2.05, 4.69) is 35.8 Å². The summed E-state index contributed by atoms with van der Waals surface area (Å²) in [5.41, 5.74) is 7.34.